The Morgan fingerprint density at radius 1 is 0.951 bits per heavy atom. The summed E-state index contributed by atoms with van der Waals surface area (Å²) < 4.78 is 15.5. The summed E-state index contributed by atoms with van der Waals surface area (Å²) in [6.07, 6.45) is 3.87. The van der Waals surface area contributed by atoms with Gasteiger partial charge in [-0.25, -0.2) is 4.68 Å². The molecular formula is C32H25N5O3S. The third kappa shape index (κ3) is 4.50. The second kappa shape index (κ2) is 9.87. The first-order chi connectivity index (χ1) is 19.9. The van der Waals surface area contributed by atoms with Gasteiger partial charge in [0.25, 0.3) is 5.56 Å². The highest BCUT2D eigenvalue weighted by atomic mass is 32.1. The summed E-state index contributed by atoms with van der Waals surface area (Å²) in [4.78, 5) is 18.6. The monoisotopic (exact) mass is 559 g/mol. The summed E-state index contributed by atoms with van der Waals surface area (Å²) in [7, 11) is 0. The number of hydrogen-bond acceptors (Lipinski definition) is 7. The lowest BCUT2D eigenvalue weighted by molar-refractivity contribution is 0.242. The molecule has 0 saturated carbocycles. The Balaban J connectivity index is 1.32. The van der Waals surface area contributed by atoms with Crippen molar-refractivity contribution < 1.29 is 9.15 Å². The summed E-state index contributed by atoms with van der Waals surface area (Å²) in [5, 5.41) is 10.4. The number of aromatic nitrogens is 5. The van der Waals surface area contributed by atoms with E-state index in [0.717, 1.165) is 44.8 Å². The normalized spacial score (nSPS) is 12.2. The molecule has 0 atom stereocenters. The zero-order valence-corrected chi connectivity index (χ0v) is 23.4. The fraction of sp³-hybridized carbons (Fsp3) is 0.125. The van der Waals surface area contributed by atoms with Gasteiger partial charge in [0, 0.05) is 28.3 Å². The molecule has 0 aliphatic carbocycles. The van der Waals surface area contributed by atoms with Gasteiger partial charge in [-0.2, -0.15) is 14.6 Å². The molecule has 0 radical (unpaired) electrons. The first-order valence-electron chi connectivity index (χ1n) is 13.3. The summed E-state index contributed by atoms with van der Waals surface area (Å²) >= 11 is 1.29. The minimum Gasteiger partial charge on any atom is -0.491 e. The minimum atomic E-state index is -0.239. The number of ether oxygens (including phenoxy) is 1. The summed E-state index contributed by atoms with van der Waals surface area (Å²) in [6, 6.07) is 25.5. The van der Waals surface area contributed by atoms with E-state index in [0.29, 0.717) is 21.1 Å². The third-order valence-corrected chi connectivity index (χ3v) is 7.74. The van der Waals surface area contributed by atoms with E-state index < -0.39 is 0 Å². The Morgan fingerprint density at radius 3 is 2.44 bits per heavy atom. The molecule has 0 fully saturated rings. The van der Waals surface area contributed by atoms with Gasteiger partial charge in [0.15, 0.2) is 5.76 Å². The van der Waals surface area contributed by atoms with Gasteiger partial charge in [0.2, 0.25) is 10.8 Å². The van der Waals surface area contributed by atoms with Crippen LogP contribution >= 0.6 is 11.3 Å². The molecule has 41 heavy (non-hydrogen) atoms. The zero-order valence-electron chi connectivity index (χ0n) is 22.6. The maximum Gasteiger partial charge on any atom is 0.291 e. The van der Waals surface area contributed by atoms with Crippen LogP contribution in [0.3, 0.4) is 0 Å². The fourth-order valence-corrected chi connectivity index (χ4v) is 5.75. The highest BCUT2D eigenvalue weighted by Gasteiger charge is 2.19. The van der Waals surface area contributed by atoms with E-state index in [1.54, 1.807) is 0 Å². The highest BCUT2D eigenvalue weighted by molar-refractivity contribution is 7.15. The van der Waals surface area contributed by atoms with Crippen LogP contribution in [0.25, 0.3) is 50.5 Å². The van der Waals surface area contributed by atoms with Crippen molar-refractivity contribution in [2.45, 2.75) is 26.9 Å². The minimum absolute atomic E-state index is 0.0835. The van der Waals surface area contributed by atoms with Crippen molar-refractivity contribution in [3.05, 3.63) is 111 Å². The molecule has 7 rings (SSSR count). The first kappa shape index (κ1) is 25.0. The molecule has 3 aromatic carbocycles. The van der Waals surface area contributed by atoms with E-state index in [1.807, 2.05) is 117 Å². The number of nitrogens with zero attached hydrogens (tertiary/aromatic N) is 5. The number of thiazole rings is 1. The summed E-state index contributed by atoms with van der Waals surface area (Å²) in [6.45, 7) is 5.97. The number of aryl methyl sites for hydroxylation is 1. The number of fused-ring (bicyclic) bond motifs is 2. The van der Waals surface area contributed by atoms with Crippen LogP contribution in [-0.2, 0) is 0 Å². The molecule has 0 aliphatic heterocycles. The Bertz CT molecular complexity index is 2140. The van der Waals surface area contributed by atoms with Crippen LogP contribution in [0, 0.1) is 6.92 Å². The standard InChI is InChI=1S/C32H25N5O3S/c1-19(2)39-24-15-13-21(14-16-24)28-22(18-36(34-28)23-9-5-4-6-10-23)17-27-31(38)37-32(41-27)33-30(35-37)29-20(3)25-11-7-8-12-26(25)40-29/h4-19H,1-3H3. The average Bonchev–Trinajstić information content (AvgIpc) is 3.73. The van der Waals surface area contributed by atoms with Gasteiger partial charge in [-0.3, -0.25) is 4.79 Å². The molecule has 0 N–H and O–H groups in total. The molecule has 202 valence electrons. The predicted octanol–water partition coefficient (Wildman–Crippen LogP) is 6.06. The average molecular weight is 560 g/mol. The highest BCUT2D eigenvalue weighted by Crippen LogP contribution is 2.31. The van der Waals surface area contributed by atoms with Crippen molar-refractivity contribution >= 4 is 33.3 Å². The molecule has 0 spiro atoms. The molecule has 0 bridgehead atoms. The first-order valence-corrected chi connectivity index (χ1v) is 14.1. The van der Waals surface area contributed by atoms with E-state index in [9.17, 15) is 4.79 Å². The summed E-state index contributed by atoms with van der Waals surface area (Å²) in [5.74, 6) is 1.76. The van der Waals surface area contributed by atoms with Gasteiger partial charge in [-0.05, 0) is 69.3 Å². The molecule has 0 unspecified atom stereocenters. The number of benzene rings is 3. The van der Waals surface area contributed by atoms with E-state index in [1.165, 1.54) is 15.9 Å². The predicted molar refractivity (Wildman–Crippen MR) is 161 cm³/mol. The SMILES string of the molecule is Cc1c(-c2nc3sc(=Cc4cn(-c5ccccc5)nc4-c4ccc(OC(C)C)cc4)c(=O)n3n2)oc2ccccc12. The van der Waals surface area contributed by atoms with Gasteiger partial charge in [-0.1, -0.05) is 47.7 Å². The zero-order chi connectivity index (χ0) is 28.1. The van der Waals surface area contributed by atoms with E-state index in [4.69, 9.17) is 14.3 Å². The number of furan rings is 1. The van der Waals surface area contributed by atoms with Crippen LogP contribution < -0.4 is 14.8 Å². The van der Waals surface area contributed by atoms with E-state index in [2.05, 4.69) is 10.1 Å². The Kier molecular flexibility index (Phi) is 6.01. The molecule has 9 heteroatoms. The Labute approximate surface area is 238 Å². The van der Waals surface area contributed by atoms with Crippen molar-refractivity contribution in [3.8, 4) is 34.3 Å². The lowest BCUT2D eigenvalue weighted by atomic mass is 10.1. The number of rotatable bonds is 6. The molecule has 0 saturated heterocycles. The van der Waals surface area contributed by atoms with Crippen LogP contribution in [0.2, 0.25) is 0 Å². The van der Waals surface area contributed by atoms with Crippen molar-refractivity contribution in [1.29, 1.82) is 0 Å². The van der Waals surface area contributed by atoms with Gasteiger partial charge in [-0.15, -0.1) is 5.10 Å². The second-order valence-corrected chi connectivity index (χ2v) is 11.0. The largest absolute Gasteiger partial charge is 0.491 e. The number of para-hydroxylation sites is 2. The fourth-order valence-electron chi connectivity index (χ4n) is 4.85. The molecule has 4 aromatic heterocycles. The molecule has 7 aromatic rings. The van der Waals surface area contributed by atoms with E-state index in [-0.39, 0.29) is 11.7 Å². The van der Waals surface area contributed by atoms with Crippen molar-refractivity contribution in [2.75, 3.05) is 0 Å². The molecule has 0 aliphatic rings. The van der Waals surface area contributed by atoms with Crippen molar-refractivity contribution in [3.63, 3.8) is 0 Å². The van der Waals surface area contributed by atoms with Crippen LogP contribution in [0.15, 0.2) is 94.3 Å². The quantitative estimate of drug-likeness (QED) is 0.246. The van der Waals surface area contributed by atoms with Crippen LogP contribution in [0.1, 0.15) is 25.0 Å². The van der Waals surface area contributed by atoms with Gasteiger partial charge in [0.1, 0.15) is 17.0 Å². The van der Waals surface area contributed by atoms with Crippen LogP contribution in [0.4, 0.5) is 0 Å². The maximum absolute atomic E-state index is 13.5. The molecule has 8 nitrogen and oxygen atoms in total. The van der Waals surface area contributed by atoms with Gasteiger partial charge < -0.3 is 9.15 Å². The Morgan fingerprint density at radius 2 is 1.71 bits per heavy atom. The topological polar surface area (TPSA) is 87.5 Å². The van der Waals surface area contributed by atoms with E-state index >= 15 is 0 Å². The molecular weight excluding hydrogens is 534 g/mol. The van der Waals surface area contributed by atoms with Crippen LogP contribution in [0.5, 0.6) is 5.75 Å². The molecule has 4 heterocycles. The van der Waals surface area contributed by atoms with Gasteiger partial charge >= 0.3 is 0 Å². The number of hydrogen-bond donors (Lipinski definition) is 0. The summed E-state index contributed by atoms with van der Waals surface area (Å²) in [5.41, 5.74) is 4.86. The Hall–Kier alpha value is -5.02. The molecule has 0 amide bonds. The smallest absolute Gasteiger partial charge is 0.291 e. The van der Waals surface area contributed by atoms with Crippen molar-refractivity contribution in [2.24, 2.45) is 0 Å². The van der Waals surface area contributed by atoms with Crippen LogP contribution in [-0.4, -0.2) is 30.5 Å². The third-order valence-electron chi connectivity index (χ3n) is 6.78. The maximum atomic E-state index is 13.5. The lowest BCUT2D eigenvalue weighted by Gasteiger charge is -2.09. The second-order valence-electron chi connectivity index (χ2n) is 10.0. The van der Waals surface area contributed by atoms with Crippen molar-refractivity contribution in [1.82, 2.24) is 24.4 Å². The van der Waals surface area contributed by atoms with Gasteiger partial charge in [0.05, 0.1) is 16.3 Å². The lowest BCUT2D eigenvalue weighted by Crippen LogP contribution is -2.23.